The number of rotatable bonds is 7. The fourth-order valence-electron chi connectivity index (χ4n) is 1.53. The number of benzene rings is 1. The first kappa shape index (κ1) is 12.2. The molecule has 0 saturated carbocycles. The van der Waals surface area contributed by atoms with E-state index in [0.29, 0.717) is 6.54 Å². The molecule has 0 aliphatic heterocycles. The first-order valence-corrected chi connectivity index (χ1v) is 5.78. The van der Waals surface area contributed by atoms with Crippen LogP contribution < -0.4 is 5.32 Å². The molecule has 1 aromatic carbocycles. The van der Waals surface area contributed by atoms with Crippen molar-refractivity contribution in [2.75, 3.05) is 13.1 Å². The molecule has 0 aliphatic rings. The van der Waals surface area contributed by atoms with Crippen molar-refractivity contribution in [1.82, 2.24) is 5.32 Å². The molecule has 0 aromatic heterocycles. The summed E-state index contributed by atoms with van der Waals surface area (Å²) in [6.45, 7) is 3.84. The summed E-state index contributed by atoms with van der Waals surface area (Å²) < 4.78 is 0. The Balaban J connectivity index is 2.16. The third-order valence-electron chi connectivity index (χ3n) is 2.48. The van der Waals surface area contributed by atoms with Crippen LogP contribution in [-0.2, 0) is 0 Å². The van der Waals surface area contributed by atoms with Crippen LogP contribution >= 0.6 is 0 Å². The Morgan fingerprint density at radius 1 is 1.20 bits per heavy atom. The number of unbranched alkanes of at least 4 members (excludes halogenated alkanes) is 2. The summed E-state index contributed by atoms with van der Waals surface area (Å²) in [5, 5.41) is 13.1. The zero-order chi connectivity index (χ0) is 10.9. The van der Waals surface area contributed by atoms with E-state index in [2.05, 4.69) is 12.2 Å². The molecule has 0 bridgehead atoms. The van der Waals surface area contributed by atoms with E-state index in [1.165, 1.54) is 19.3 Å². The molecule has 0 aliphatic carbocycles. The van der Waals surface area contributed by atoms with Gasteiger partial charge >= 0.3 is 0 Å². The van der Waals surface area contributed by atoms with Gasteiger partial charge < -0.3 is 10.4 Å². The molecule has 1 rings (SSSR count). The first-order valence-electron chi connectivity index (χ1n) is 5.78. The Morgan fingerprint density at radius 2 is 1.93 bits per heavy atom. The van der Waals surface area contributed by atoms with E-state index in [9.17, 15) is 5.11 Å². The van der Waals surface area contributed by atoms with E-state index in [0.717, 1.165) is 12.1 Å². The molecule has 1 unspecified atom stereocenters. The van der Waals surface area contributed by atoms with Gasteiger partial charge in [0.15, 0.2) is 0 Å². The Morgan fingerprint density at radius 3 is 2.60 bits per heavy atom. The summed E-state index contributed by atoms with van der Waals surface area (Å²) in [5.41, 5.74) is 0.987. The maximum absolute atomic E-state index is 9.81. The number of hydrogen-bond donors (Lipinski definition) is 2. The molecule has 0 fully saturated rings. The Labute approximate surface area is 92.3 Å². The topological polar surface area (TPSA) is 32.3 Å². The highest BCUT2D eigenvalue weighted by molar-refractivity contribution is 5.17. The normalized spacial score (nSPS) is 12.7. The number of nitrogens with one attached hydrogen (secondary N) is 1. The zero-order valence-electron chi connectivity index (χ0n) is 9.45. The highest BCUT2D eigenvalue weighted by atomic mass is 16.3. The van der Waals surface area contributed by atoms with E-state index in [-0.39, 0.29) is 6.10 Å². The highest BCUT2D eigenvalue weighted by Crippen LogP contribution is 2.10. The van der Waals surface area contributed by atoms with Crippen LogP contribution in [0.15, 0.2) is 30.3 Å². The highest BCUT2D eigenvalue weighted by Gasteiger charge is 2.04. The predicted octanol–water partition coefficient (Wildman–Crippen LogP) is 2.50. The van der Waals surface area contributed by atoms with Gasteiger partial charge in [0.05, 0.1) is 6.10 Å². The number of aliphatic hydroxyl groups is 1. The van der Waals surface area contributed by atoms with E-state index in [1.54, 1.807) is 0 Å². The summed E-state index contributed by atoms with van der Waals surface area (Å²) in [5.74, 6) is 0. The van der Waals surface area contributed by atoms with Crippen LogP contribution in [0.1, 0.15) is 37.9 Å². The first-order chi connectivity index (χ1) is 7.34. The van der Waals surface area contributed by atoms with Crippen LogP contribution in [0.2, 0.25) is 0 Å². The fraction of sp³-hybridized carbons (Fsp3) is 0.538. The van der Waals surface area contributed by atoms with Crippen molar-refractivity contribution in [3.05, 3.63) is 35.9 Å². The van der Waals surface area contributed by atoms with Gasteiger partial charge in [0, 0.05) is 6.54 Å². The second-order valence-electron chi connectivity index (χ2n) is 3.84. The minimum atomic E-state index is -0.382. The molecular formula is C13H21NO. The molecule has 0 heterocycles. The summed E-state index contributed by atoms with van der Waals surface area (Å²) in [4.78, 5) is 0. The number of aliphatic hydroxyl groups excluding tert-OH is 1. The van der Waals surface area contributed by atoms with Crippen molar-refractivity contribution in [2.45, 2.75) is 32.3 Å². The summed E-state index contributed by atoms with van der Waals surface area (Å²) in [6.07, 6.45) is 3.31. The minimum absolute atomic E-state index is 0.382. The molecular weight excluding hydrogens is 186 g/mol. The van der Waals surface area contributed by atoms with E-state index in [4.69, 9.17) is 0 Å². The molecule has 1 atom stereocenters. The molecule has 0 radical (unpaired) electrons. The number of hydrogen-bond acceptors (Lipinski definition) is 2. The molecule has 2 heteroatoms. The largest absolute Gasteiger partial charge is 0.387 e. The zero-order valence-corrected chi connectivity index (χ0v) is 9.45. The van der Waals surface area contributed by atoms with Crippen LogP contribution in [0.4, 0.5) is 0 Å². The molecule has 2 nitrogen and oxygen atoms in total. The standard InChI is InChI=1S/C13H21NO/c1-2-3-7-10-14-11-13(15)12-8-5-4-6-9-12/h4-6,8-9,13-15H,2-3,7,10-11H2,1H3. The van der Waals surface area contributed by atoms with Gasteiger partial charge in [-0.05, 0) is 18.5 Å². The van der Waals surface area contributed by atoms with Crippen molar-refractivity contribution in [3.63, 3.8) is 0 Å². The molecule has 1 aromatic rings. The average molecular weight is 207 g/mol. The van der Waals surface area contributed by atoms with Gasteiger partial charge in [-0.25, -0.2) is 0 Å². The van der Waals surface area contributed by atoms with Crippen LogP contribution in [0, 0.1) is 0 Å². The average Bonchev–Trinajstić information content (AvgIpc) is 2.30. The fourth-order valence-corrected chi connectivity index (χ4v) is 1.53. The van der Waals surface area contributed by atoms with Gasteiger partial charge in [-0.15, -0.1) is 0 Å². The second kappa shape index (κ2) is 7.43. The van der Waals surface area contributed by atoms with Crippen molar-refractivity contribution in [3.8, 4) is 0 Å². The van der Waals surface area contributed by atoms with Gasteiger partial charge in [-0.3, -0.25) is 0 Å². The molecule has 15 heavy (non-hydrogen) atoms. The second-order valence-corrected chi connectivity index (χ2v) is 3.84. The lowest BCUT2D eigenvalue weighted by Crippen LogP contribution is -2.22. The van der Waals surface area contributed by atoms with Crippen molar-refractivity contribution >= 4 is 0 Å². The summed E-state index contributed by atoms with van der Waals surface area (Å²) >= 11 is 0. The van der Waals surface area contributed by atoms with Gasteiger partial charge in [0.1, 0.15) is 0 Å². The van der Waals surface area contributed by atoms with E-state index < -0.39 is 0 Å². The van der Waals surface area contributed by atoms with Crippen LogP contribution in [0.5, 0.6) is 0 Å². The Hall–Kier alpha value is -0.860. The van der Waals surface area contributed by atoms with Crippen molar-refractivity contribution in [2.24, 2.45) is 0 Å². The van der Waals surface area contributed by atoms with Crippen LogP contribution in [0.25, 0.3) is 0 Å². The quantitative estimate of drug-likeness (QED) is 0.673. The lowest BCUT2D eigenvalue weighted by molar-refractivity contribution is 0.174. The maximum Gasteiger partial charge on any atom is 0.0914 e. The predicted molar refractivity (Wildman–Crippen MR) is 63.8 cm³/mol. The molecule has 0 spiro atoms. The Bertz CT molecular complexity index is 248. The smallest absolute Gasteiger partial charge is 0.0914 e. The third kappa shape index (κ3) is 4.96. The van der Waals surface area contributed by atoms with Crippen LogP contribution in [0.3, 0.4) is 0 Å². The van der Waals surface area contributed by atoms with Gasteiger partial charge in [-0.1, -0.05) is 50.1 Å². The van der Waals surface area contributed by atoms with Gasteiger partial charge in [0.2, 0.25) is 0 Å². The van der Waals surface area contributed by atoms with Crippen molar-refractivity contribution in [1.29, 1.82) is 0 Å². The van der Waals surface area contributed by atoms with Crippen LogP contribution in [-0.4, -0.2) is 18.2 Å². The lowest BCUT2D eigenvalue weighted by Gasteiger charge is -2.11. The van der Waals surface area contributed by atoms with E-state index >= 15 is 0 Å². The third-order valence-corrected chi connectivity index (χ3v) is 2.48. The summed E-state index contributed by atoms with van der Waals surface area (Å²) in [7, 11) is 0. The SMILES string of the molecule is CCCCCNCC(O)c1ccccc1. The van der Waals surface area contributed by atoms with Gasteiger partial charge in [-0.2, -0.15) is 0 Å². The molecule has 0 amide bonds. The molecule has 2 N–H and O–H groups in total. The lowest BCUT2D eigenvalue weighted by atomic mass is 10.1. The van der Waals surface area contributed by atoms with Gasteiger partial charge in [0.25, 0.3) is 0 Å². The maximum atomic E-state index is 9.81. The Kier molecular flexibility index (Phi) is 6.05. The molecule has 0 saturated heterocycles. The monoisotopic (exact) mass is 207 g/mol. The minimum Gasteiger partial charge on any atom is -0.387 e. The molecule has 84 valence electrons. The van der Waals surface area contributed by atoms with Crippen molar-refractivity contribution < 1.29 is 5.11 Å². The summed E-state index contributed by atoms with van der Waals surface area (Å²) in [6, 6.07) is 9.78. The van der Waals surface area contributed by atoms with E-state index in [1.807, 2.05) is 30.3 Å².